The average Bonchev–Trinajstić information content (AvgIpc) is 2.59. The lowest BCUT2D eigenvalue weighted by Crippen LogP contribution is -2.34. The predicted octanol–water partition coefficient (Wildman–Crippen LogP) is 1.43. The summed E-state index contributed by atoms with van der Waals surface area (Å²) in [5.41, 5.74) is 0. The normalized spacial score (nSPS) is 33.9. The number of fused-ring (bicyclic) bond motifs is 1. The molecular weight excluding hydrogens is 208 g/mol. The summed E-state index contributed by atoms with van der Waals surface area (Å²) in [4.78, 5) is 33.9. The van der Waals surface area contributed by atoms with Crippen LogP contribution >= 0.6 is 0 Å². The van der Waals surface area contributed by atoms with Gasteiger partial charge in [0.2, 0.25) is 0 Å². The zero-order valence-corrected chi connectivity index (χ0v) is 9.15. The van der Waals surface area contributed by atoms with Crippen LogP contribution in [-0.2, 0) is 14.4 Å². The number of carboxylic acids is 1. The molecule has 0 aliphatic heterocycles. The highest BCUT2D eigenvalue weighted by Crippen LogP contribution is 2.43. The number of rotatable bonds is 3. The first-order valence-electron chi connectivity index (χ1n) is 5.87. The molecule has 0 saturated heterocycles. The summed E-state index contributed by atoms with van der Waals surface area (Å²) in [6, 6.07) is 0. The summed E-state index contributed by atoms with van der Waals surface area (Å²) in [7, 11) is 0. The van der Waals surface area contributed by atoms with Gasteiger partial charge in [0.15, 0.2) is 0 Å². The molecule has 2 fully saturated rings. The molecule has 4 heteroatoms. The van der Waals surface area contributed by atoms with E-state index in [2.05, 4.69) is 0 Å². The van der Waals surface area contributed by atoms with Gasteiger partial charge in [-0.15, -0.1) is 0 Å². The standard InChI is InChI=1S/C12H16O4/c13-10-4-1-7-8(10)2-5-11(14)9(7)3-6-12(15)16/h7-9H,1-6H2,(H,15,16)/t7-,8+,9+/m1/s1. The van der Waals surface area contributed by atoms with Crippen molar-refractivity contribution in [2.24, 2.45) is 17.8 Å². The van der Waals surface area contributed by atoms with E-state index in [0.717, 1.165) is 6.42 Å². The van der Waals surface area contributed by atoms with E-state index in [1.165, 1.54) is 0 Å². The maximum absolute atomic E-state index is 11.8. The minimum absolute atomic E-state index is 0.0355. The monoisotopic (exact) mass is 224 g/mol. The van der Waals surface area contributed by atoms with E-state index in [9.17, 15) is 14.4 Å². The highest BCUT2D eigenvalue weighted by Gasteiger charge is 2.44. The van der Waals surface area contributed by atoms with Crippen LogP contribution in [0.15, 0.2) is 0 Å². The molecule has 2 rings (SSSR count). The number of carbonyl (C=O) groups is 3. The fourth-order valence-corrected chi connectivity index (χ4v) is 3.17. The molecular formula is C12H16O4. The Morgan fingerprint density at radius 1 is 1.19 bits per heavy atom. The van der Waals surface area contributed by atoms with Crippen molar-refractivity contribution in [2.75, 3.05) is 0 Å². The Morgan fingerprint density at radius 3 is 2.56 bits per heavy atom. The Labute approximate surface area is 94.0 Å². The van der Waals surface area contributed by atoms with Gasteiger partial charge in [0, 0.05) is 31.1 Å². The third-order valence-corrected chi connectivity index (χ3v) is 3.96. The van der Waals surface area contributed by atoms with Crippen molar-refractivity contribution in [3.05, 3.63) is 0 Å². The van der Waals surface area contributed by atoms with Gasteiger partial charge in [-0.25, -0.2) is 0 Å². The molecule has 1 N–H and O–H groups in total. The molecule has 4 nitrogen and oxygen atoms in total. The Bertz CT molecular complexity index is 334. The van der Waals surface area contributed by atoms with Gasteiger partial charge in [-0.3, -0.25) is 14.4 Å². The van der Waals surface area contributed by atoms with Crippen molar-refractivity contribution in [2.45, 2.75) is 38.5 Å². The molecule has 88 valence electrons. The van der Waals surface area contributed by atoms with E-state index in [1.54, 1.807) is 0 Å². The third-order valence-electron chi connectivity index (χ3n) is 3.96. The van der Waals surface area contributed by atoms with Crippen LogP contribution in [0.3, 0.4) is 0 Å². The SMILES string of the molecule is O=C(O)CC[C@@H]1C(=O)CC[C@@H]2C(=O)CC[C@@H]12. The van der Waals surface area contributed by atoms with E-state index >= 15 is 0 Å². The van der Waals surface area contributed by atoms with Crippen LogP contribution in [0.1, 0.15) is 38.5 Å². The van der Waals surface area contributed by atoms with Gasteiger partial charge >= 0.3 is 5.97 Å². The molecule has 16 heavy (non-hydrogen) atoms. The lowest BCUT2D eigenvalue weighted by Gasteiger charge is -2.31. The van der Waals surface area contributed by atoms with E-state index in [0.29, 0.717) is 25.7 Å². The Hall–Kier alpha value is -1.19. The quantitative estimate of drug-likeness (QED) is 0.787. The van der Waals surface area contributed by atoms with E-state index < -0.39 is 5.97 Å². The molecule has 0 aromatic heterocycles. The smallest absolute Gasteiger partial charge is 0.303 e. The molecule has 0 amide bonds. The van der Waals surface area contributed by atoms with E-state index in [-0.39, 0.29) is 35.7 Å². The number of Topliss-reactive ketones (excluding diaryl/α,β-unsaturated/α-hetero) is 2. The Balaban J connectivity index is 2.05. The summed E-state index contributed by atoms with van der Waals surface area (Å²) in [5.74, 6) is -0.430. The zero-order chi connectivity index (χ0) is 11.7. The van der Waals surface area contributed by atoms with Crippen molar-refractivity contribution in [1.29, 1.82) is 0 Å². The largest absolute Gasteiger partial charge is 0.481 e. The summed E-state index contributed by atoms with van der Waals surface area (Å²) < 4.78 is 0. The second kappa shape index (κ2) is 4.36. The fraction of sp³-hybridized carbons (Fsp3) is 0.750. The second-order valence-electron chi connectivity index (χ2n) is 4.82. The highest BCUT2D eigenvalue weighted by atomic mass is 16.4. The Morgan fingerprint density at radius 2 is 1.88 bits per heavy atom. The van der Waals surface area contributed by atoms with Gasteiger partial charge in [-0.2, -0.15) is 0 Å². The second-order valence-corrected chi connectivity index (χ2v) is 4.82. The molecule has 0 spiro atoms. The number of carboxylic acid groups (broad SMARTS) is 1. The molecule has 2 aliphatic rings. The minimum Gasteiger partial charge on any atom is -0.481 e. The van der Waals surface area contributed by atoms with Crippen LogP contribution in [0, 0.1) is 17.8 Å². The van der Waals surface area contributed by atoms with Crippen LogP contribution in [-0.4, -0.2) is 22.6 Å². The minimum atomic E-state index is -0.862. The molecule has 0 radical (unpaired) electrons. The van der Waals surface area contributed by atoms with Gasteiger partial charge in [0.05, 0.1) is 0 Å². The molecule has 2 aliphatic carbocycles. The summed E-state index contributed by atoms with van der Waals surface area (Å²) in [6.07, 6.45) is 2.94. The summed E-state index contributed by atoms with van der Waals surface area (Å²) in [5, 5.41) is 8.64. The molecule has 3 atom stereocenters. The average molecular weight is 224 g/mol. The summed E-state index contributed by atoms with van der Waals surface area (Å²) >= 11 is 0. The number of aliphatic carboxylic acids is 1. The number of carbonyl (C=O) groups excluding carboxylic acids is 2. The highest BCUT2D eigenvalue weighted by molar-refractivity contribution is 5.89. The van der Waals surface area contributed by atoms with Crippen LogP contribution in [0.25, 0.3) is 0 Å². The van der Waals surface area contributed by atoms with Gasteiger partial charge in [-0.05, 0) is 25.2 Å². The number of ketones is 2. The van der Waals surface area contributed by atoms with Crippen molar-refractivity contribution < 1.29 is 19.5 Å². The predicted molar refractivity (Wildman–Crippen MR) is 55.8 cm³/mol. The first kappa shape index (κ1) is 11.3. The van der Waals surface area contributed by atoms with Gasteiger partial charge in [0.25, 0.3) is 0 Å². The molecule has 0 aromatic rings. The van der Waals surface area contributed by atoms with Gasteiger partial charge in [-0.1, -0.05) is 0 Å². The van der Waals surface area contributed by atoms with Crippen LogP contribution in [0.5, 0.6) is 0 Å². The topological polar surface area (TPSA) is 71.4 Å². The van der Waals surface area contributed by atoms with Crippen molar-refractivity contribution in [1.82, 2.24) is 0 Å². The van der Waals surface area contributed by atoms with E-state index in [4.69, 9.17) is 5.11 Å². The lowest BCUT2D eigenvalue weighted by atomic mass is 9.71. The Kier molecular flexibility index (Phi) is 3.08. The summed E-state index contributed by atoms with van der Waals surface area (Å²) in [6.45, 7) is 0. The maximum atomic E-state index is 11.8. The third kappa shape index (κ3) is 2.01. The lowest BCUT2D eigenvalue weighted by molar-refractivity contribution is -0.138. The fourth-order valence-electron chi connectivity index (χ4n) is 3.17. The van der Waals surface area contributed by atoms with Gasteiger partial charge in [0.1, 0.15) is 11.6 Å². The first-order valence-corrected chi connectivity index (χ1v) is 5.87. The van der Waals surface area contributed by atoms with Crippen LogP contribution in [0.2, 0.25) is 0 Å². The van der Waals surface area contributed by atoms with Crippen molar-refractivity contribution in [3.63, 3.8) is 0 Å². The zero-order valence-electron chi connectivity index (χ0n) is 9.15. The van der Waals surface area contributed by atoms with Crippen molar-refractivity contribution in [3.8, 4) is 0 Å². The van der Waals surface area contributed by atoms with Crippen LogP contribution < -0.4 is 0 Å². The van der Waals surface area contributed by atoms with E-state index in [1.807, 2.05) is 0 Å². The van der Waals surface area contributed by atoms with Crippen LogP contribution in [0.4, 0.5) is 0 Å². The number of hydrogen-bond donors (Lipinski definition) is 1. The molecule has 0 bridgehead atoms. The molecule has 0 unspecified atom stereocenters. The molecule has 2 saturated carbocycles. The van der Waals surface area contributed by atoms with Gasteiger partial charge < -0.3 is 5.11 Å². The molecule has 0 aromatic carbocycles. The maximum Gasteiger partial charge on any atom is 0.303 e. The van der Waals surface area contributed by atoms with Crippen molar-refractivity contribution >= 4 is 17.5 Å². The molecule has 0 heterocycles. The number of hydrogen-bond acceptors (Lipinski definition) is 3. The first-order chi connectivity index (χ1) is 7.59.